The van der Waals surface area contributed by atoms with Crippen LogP contribution in [-0.4, -0.2) is 135 Å². The van der Waals surface area contributed by atoms with E-state index in [4.69, 9.17) is 4.74 Å². The summed E-state index contributed by atoms with van der Waals surface area (Å²) < 4.78 is 7.53. The first-order valence-corrected chi connectivity index (χ1v) is 19.2. The van der Waals surface area contributed by atoms with Gasteiger partial charge in [-0.15, -0.1) is 20.4 Å². The number of nitrogens with zero attached hydrogens (tertiary/aromatic N) is 9. The van der Waals surface area contributed by atoms with E-state index in [1.165, 1.54) is 11.1 Å². The van der Waals surface area contributed by atoms with E-state index in [2.05, 4.69) is 118 Å². The number of piperidine rings is 2. The topological polar surface area (TPSA) is 157 Å². The van der Waals surface area contributed by atoms with Crippen molar-refractivity contribution in [2.75, 3.05) is 67.5 Å². The van der Waals surface area contributed by atoms with Gasteiger partial charge in [0.25, 0.3) is 0 Å². The van der Waals surface area contributed by atoms with Gasteiger partial charge in [-0.05, 0) is 89.8 Å². The molecule has 1 amide bonds. The molecule has 0 bridgehead atoms. The second kappa shape index (κ2) is 19.2. The van der Waals surface area contributed by atoms with Gasteiger partial charge in [-0.1, -0.05) is 84.9 Å². The largest absolute Gasteiger partial charge is 1.00 e. The van der Waals surface area contributed by atoms with Gasteiger partial charge in [0.15, 0.2) is 11.6 Å². The average molecular weight is 822 g/mol. The molecule has 5 heterocycles. The zero-order valence-corrected chi connectivity index (χ0v) is 35.6. The molecule has 3 N–H and O–H groups in total. The lowest BCUT2D eigenvalue weighted by Crippen LogP contribution is -3.00. The summed E-state index contributed by atoms with van der Waals surface area (Å²) in [4.78, 5) is 16.5. The van der Waals surface area contributed by atoms with Crippen LogP contribution in [0.3, 0.4) is 0 Å². The molecule has 7 rings (SSSR count). The highest BCUT2D eigenvalue weighted by atomic mass is 79.9. The minimum Gasteiger partial charge on any atom is -1.00 e. The molecule has 0 spiro atoms. The van der Waals surface area contributed by atoms with Gasteiger partial charge in [0.2, 0.25) is 5.91 Å². The van der Waals surface area contributed by atoms with Crippen LogP contribution in [0, 0.1) is 10.8 Å². The number of aromatic nitrogens is 8. The van der Waals surface area contributed by atoms with Crippen molar-refractivity contribution in [3.63, 3.8) is 0 Å². The molecule has 15 heteroatoms. The zero-order valence-electron chi connectivity index (χ0n) is 34.0. The van der Waals surface area contributed by atoms with Gasteiger partial charge >= 0.3 is 5.90 Å². The Hall–Kier alpha value is -4.08. The number of halogens is 1. The second-order valence-electron chi connectivity index (χ2n) is 16.5. The van der Waals surface area contributed by atoms with Crippen molar-refractivity contribution < 1.29 is 31.1 Å². The van der Waals surface area contributed by atoms with Crippen LogP contribution in [0.25, 0.3) is 0 Å². The first-order valence-electron chi connectivity index (χ1n) is 19.2. The molecule has 2 aromatic heterocycles. The Balaban J connectivity index is 0.000000204. The maximum Gasteiger partial charge on any atom is 0.341 e. The fourth-order valence-electron chi connectivity index (χ4n) is 8.13. The van der Waals surface area contributed by atoms with Crippen LogP contribution in [-0.2, 0) is 20.4 Å². The number of amides is 1. The predicted molar refractivity (Wildman–Crippen MR) is 209 cm³/mol. The number of H-pyrrole nitrogens is 2. The summed E-state index contributed by atoms with van der Waals surface area (Å²) in [6, 6.07) is 21.0. The normalized spacial score (nSPS) is 18.7. The van der Waals surface area contributed by atoms with E-state index >= 15 is 0 Å². The second-order valence-corrected chi connectivity index (χ2v) is 16.5. The number of nitrogens with one attached hydrogen (secondary N) is 3. The SMILES string of the molecule is CN(C)C(=O)C(C)(C)CCN1CCC(c2ccccc2)(c2nn[nH]n2)CC1.C[N+](C)=C1OCCC1(C)C.[Br-].c1ccc(C2(c3nn[nH]n3)CCNCC2)cc1. The number of hydrogen-bond donors (Lipinski definition) is 3. The molecule has 4 aromatic rings. The van der Waals surface area contributed by atoms with Crippen molar-refractivity contribution in [3.8, 4) is 0 Å². The van der Waals surface area contributed by atoms with Crippen molar-refractivity contribution in [2.24, 2.45) is 10.8 Å². The third kappa shape index (κ3) is 10.4. The standard InChI is InChI=1S/C20H30N6O.C12H15N5.C8H16NO.BrH/c1-19(2,18(27)25(3)4)10-13-26-14-11-20(12-15-26,17-21-23-24-22-17)16-8-6-5-7-9-16;1-2-4-10(5-3-1)12(6-8-13-9-7-12)11-14-16-17-15-11;1-8(2)5-6-10-7(8)9(3)4;/h5-9H,10-15H2,1-4H3,(H,21,22,23,24);1-5,13H,6-9H2,(H,14,15,16,17);5-6H2,1-4H3;1H/q;;+1;/p-1. The van der Waals surface area contributed by atoms with Gasteiger partial charge in [0.1, 0.15) is 14.1 Å². The summed E-state index contributed by atoms with van der Waals surface area (Å²) >= 11 is 0. The average Bonchev–Trinajstić information content (AvgIpc) is 3.99. The van der Waals surface area contributed by atoms with Gasteiger partial charge in [0.05, 0.1) is 22.9 Å². The molecular formula is C40H61BrN12O2. The number of aromatic amines is 2. The molecule has 55 heavy (non-hydrogen) atoms. The fourth-order valence-corrected chi connectivity index (χ4v) is 8.13. The van der Waals surface area contributed by atoms with Crippen molar-refractivity contribution in [1.82, 2.24) is 56.4 Å². The highest BCUT2D eigenvalue weighted by molar-refractivity contribution is 5.81. The molecule has 3 aliphatic heterocycles. The summed E-state index contributed by atoms with van der Waals surface area (Å²) in [6.45, 7) is 14.2. The van der Waals surface area contributed by atoms with Gasteiger partial charge in [-0.2, -0.15) is 10.4 Å². The van der Waals surface area contributed by atoms with Crippen LogP contribution in [0.5, 0.6) is 0 Å². The lowest BCUT2D eigenvalue weighted by molar-refractivity contribution is -0.477. The molecule has 2 aromatic carbocycles. The van der Waals surface area contributed by atoms with Crippen molar-refractivity contribution in [3.05, 3.63) is 83.4 Å². The van der Waals surface area contributed by atoms with E-state index in [0.717, 1.165) is 95.4 Å². The van der Waals surface area contributed by atoms with Gasteiger partial charge in [-0.3, -0.25) is 4.79 Å². The van der Waals surface area contributed by atoms with Crippen molar-refractivity contribution >= 4 is 11.8 Å². The molecule has 0 saturated carbocycles. The fraction of sp³-hybridized carbons (Fsp3) is 0.600. The molecule has 0 unspecified atom stereocenters. The number of carbonyl (C=O) groups is 1. The number of rotatable bonds is 8. The molecule has 0 radical (unpaired) electrons. The number of tetrazole rings is 2. The quantitative estimate of drug-likeness (QED) is 0.220. The third-order valence-electron chi connectivity index (χ3n) is 11.4. The maximum atomic E-state index is 12.4. The lowest BCUT2D eigenvalue weighted by Gasteiger charge is -2.41. The number of carbonyl (C=O) groups excluding carboxylic acids is 1. The monoisotopic (exact) mass is 820 g/mol. The molecule has 3 fully saturated rings. The Kier molecular flexibility index (Phi) is 15.2. The van der Waals surface area contributed by atoms with E-state index in [1.807, 2.05) is 54.2 Å². The van der Waals surface area contributed by atoms with E-state index in [-0.39, 0.29) is 44.5 Å². The summed E-state index contributed by atoms with van der Waals surface area (Å²) in [7, 11) is 7.71. The predicted octanol–water partition coefficient (Wildman–Crippen LogP) is 1.06. The summed E-state index contributed by atoms with van der Waals surface area (Å²) in [5.41, 5.74) is 2.16. The Bertz CT molecular complexity index is 1750. The van der Waals surface area contributed by atoms with Crippen LogP contribution >= 0.6 is 0 Å². The van der Waals surface area contributed by atoms with Crippen LogP contribution in [0.4, 0.5) is 0 Å². The Morgan fingerprint density at radius 1 is 0.818 bits per heavy atom. The van der Waals surface area contributed by atoms with Crippen LogP contribution in [0.1, 0.15) is 89.0 Å². The third-order valence-corrected chi connectivity index (χ3v) is 11.4. The number of benzene rings is 2. The Labute approximate surface area is 337 Å². The molecule has 14 nitrogen and oxygen atoms in total. The molecule has 0 aliphatic carbocycles. The number of hydrogen-bond acceptors (Lipinski definition) is 10. The van der Waals surface area contributed by atoms with Crippen LogP contribution in [0.15, 0.2) is 60.7 Å². The highest BCUT2D eigenvalue weighted by Crippen LogP contribution is 2.40. The molecule has 3 saturated heterocycles. The summed E-state index contributed by atoms with van der Waals surface area (Å²) in [5.74, 6) is 2.89. The van der Waals surface area contributed by atoms with Crippen LogP contribution < -0.4 is 22.3 Å². The maximum absolute atomic E-state index is 12.4. The Morgan fingerprint density at radius 2 is 1.31 bits per heavy atom. The van der Waals surface area contributed by atoms with E-state index in [0.29, 0.717) is 0 Å². The highest BCUT2D eigenvalue weighted by Gasteiger charge is 2.42. The van der Waals surface area contributed by atoms with E-state index < -0.39 is 0 Å². The number of likely N-dealkylation sites (tertiary alicyclic amines) is 1. The smallest absolute Gasteiger partial charge is 0.341 e. The minimum absolute atomic E-state index is 0. The lowest BCUT2D eigenvalue weighted by atomic mass is 9.72. The summed E-state index contributed by atoms with van der Waals surface area (Å²) in [5, 5.41) is 33.2. The molecule has 3 aliphatic rings. The van der Waals surface area contributed by atoms with E-state index in [9.17, 15) is 4.79 Å². The number of ether oxygens (including phenoxy) is 1. The van der Waals surface area contributed by atoms with Crippen molar-refractivity contribution in [2.45, 2.75) is 77.0 Å². The molecular weight excluding hydrogens is 760 g/mol. The Morgan fingerprint density at radius 3 is 1.69 bits per heavy atom. The van der Waals surface area contributed by atoms with E-state index in [1.54, 1.807) is 4.90 Å². The first kappa shape index (κ1) is 43.6. The zero-order chi connectivity index (χ0) is 38.8. The van der Waals surface area contributed by atoms with Crippen LogP contribution in [0.2, 0.25) is 0 Å². The molecule has 300 valence electrons. The van der Waals surface area contributed by atoms with Gasteiger partial charge in [-0.25, -0.2) is 4.58 Å². The minimum atomic E-state index is -0.342. The molecule has 0 atom stereocenters. The van der Waals surface area contributed by atoms with Gasteiger partial charge in [0, 0.05) is 25.9 Å². The summed E-state index contributed by atoms with van der Waals surface area (Å²) in [6.07, 6.45) is 5.90. The first-order chi connectivity index (χ1) is 25.8. The van der Waals surface area contributed by atoms with Gasteiger partial charge < -0.3 is 36.8 Å². The van der Waals surface area contributed by atoms with Crippen molar-refractivity contribution in [1.29, 1.82) is 0 Å².